The zero-order valence-corrected chi connectivity index (χ0v) is 15.8. The fourth-order valence-corrected chi connectivity index (χ4v) is 3.44. The normalized spacial score (nSPS) is 15.3. The highest BCUT2D eigenvalue weighted by atomic mass is 16.5. The number of benzene rings is 2. The molecule has 4 nitrogen and oxygen atoms in total. The van der Waals surface area contributed by atoms with E-state index in [1.54, 1.807) is 17.1 Å². The van der Waals surface area contributed by atoms with E-state index >= 15 is 0 Å². The zero-order chi connectivity index (χ0) is 19.0. The van der Waals surface area contributed by atoms with Crippen LogP contribution in [0.1, 0.15) is 40.9 Å². The van der Waals surface area contributed by atoms with Gasteiger partial charge in [0.25, 0.3) is 0 Å². The van der Waals surface area contributed by atoms with E-state index in [0.717, 1.165) is 28.9 Å². The summed E-state index contributed by atoms with van der Waals surface area (Å²) in [5, 5.41) is 4.29. The average molecular weight is 358 g/mol. The molecule has 2 aromatic carbocycles. The van der Waals surface area contributed by atoms with Gasteiger partial charge in [0.05, 0.1) is 0 Å². The largest absolute Gasteiger partial charge is 0.487 e. The van der Waals surface area contributed by atoms with Gasteiger partial charge in [0.1, 0.15) is 17.0 Å². The lowest BCUT2D eigenvalue weighted by molar-refractivity contribution is 0.105. The molecule has 1 aromatic heterocycles. The number of carbonyl (C=O) groups is 1. The molecule has 1 aliphatic rings. The van der Waals surface area contributed by atoms with E-state index < -0.39 is 0 Å². The third kappa shape index (κ3) is 3.43. The Balaban J connectivity index is 1.76. The predicted molar refractivity (Wildman–Crippen MR) is 107 cm³/mol. The maximum atomic E-state index is 13.4. The standard InChI is InChI=1S/C23H22N2O2/c1-16-7-4-5-8-17(16)14-20(25-12-6-11-24-25)22(26)18-9-10-21-19(13-18)15-23(2,3)27-21/h4-14H,15H2,1-3H3. The molecule has 0 spiro atoms. The van der Waals surface area contributed by atoms with Crippen LogP contribution in [0, 0.1) is 6.92 Å². The molecule has 1 aliphatic heterocycles. The van der Waals surface area contributed by atoms with E-state index in [9.17, 15) is 4.79 Å². The topological polar surface area (TPSA) is 44.1 Å². The lowest BCUT2D eigenvalue weighted by atomic mass is 9.97. The van der Waals surface area contributed by atoms with E-state index in [-0.39, 0.29) is 11.4 Å². The van der Waals surface area contributed by atoms with E-state index in [4.69, 9.17) is 4.74 Å². The van der Waals surface area contributed by atoms with E-state index in [0.29, 0.717) is 11.3 Å². The smallest absolute Gasteiger partial charge is 0.211 e. The predicted octanol–water partition coefficient (Wildman–Crippen LogP) is 4.79. The highest BCUT2D eigenvalue weighted by Crippen LogP contribution is 2.35. The number of ketones is 1. The van der Waals surface area contributed by atoms with Crippen LogP contribution in [0.5, 0.6) is 5.75 Å². The molecule has 0 saturated heterocycles. The van der Waals surface area contributed by atoms with Crippen LogP contribution in [0.2, 0.25) is 0 Å². The third-order valence-corrected chi connectivity index (χ3v) is 4.79. The molecular weight excluding hydrogens is 336 g/mol. The number of nitrogens with zero attached hydrogens (tertiary/aromatic N) is 2. The highest BCUT2D eigenvalue weighted by molar-refractivity contribution is 6.27. The number of fused-ring (bicyclic) bond motifs is 1. The second-order valence-corrected chi connectivity index (χ2v) is 7.53. The fourth-order valence-electron chi connectivity index (χ4n) is 3.44. The summed E-state index contributed by atoms with van der Waals surface area (Å²) >= 11 is 0. The lowest BCUT2D eigenvalue weighted by Crippen LogP contribution is -2.24. The monoisotopic (exact) mass is 358 g/mol. The minimum absolute atomic E-state index is 0.0607. The summed E-state index contributed by atoms with van der Waals surface area (Å²) in [5.41, 5.74) is 4.12. The van der Waals surface area contributed by atoms with E-state index in [1.165, 1.54) is 0 Å². The van der Waals surface area contributed by atoms with Crippen LogP contribution in [-0.4, -0.2) is 21.2 Å². The Morgan fingerprint density at radius 3 is 2.74 bits per heavy atom. The molecule has 4 rings (SSSR count). The quantitative estimate of drug-likeness (QED) is 0.498. The van der Waals surface area contributed by atoms with Crippen molar-refractivity contribution in [3.63, 3.8) is 0 Å². The lowest BCUT2D eigenvalue weighted by Gasteiger charge is -2.16. The van der Waals surface area contributed by atoms with E-state index in [2.05, 4.69) is 18.9 Å². The van der Waals surface area contributed by atoms with Crippen LogP contribution in [0.25, 0.3) is 11.8 Å². The summed E-state index contributed by atoms with van der Waals surface area (Å²) in [5.74, 6) is 0.800. The Labute approximate surface area is 159 Å². The van der Waals surface area contributed by atoms with Gasteiger partial charge in [-0.3, -0.25) is 4.79 Å². The van der Waals surface area contributed by atoms with Crippen molar-refractivity contribution < 1.29 is 9.53 Å². The number of Topliss-reactive ketones (excluding diaryl/α,β-unsaturated/α-hetero) is 1. The van der Waals surface area contributed by atoms with Crippen molar-refractivity contribution in [2.45, 2.75) is 32.8 Å². The first-order chi connectivity index (χ1) is 12.9. The third-order valence-electron chi connectivity index (χ3n) is 4.79. The summed E-state index contributed by atoms with van der Waals surface area (Å²) < 4.78 is 7.56. The Hall–Kier alpha value is -3.14. The number of carbonyl (C=O) groups excluding carboxylic acids is 1. The maximum absolute atomic E-state index is 13.4. The Morgan fingerprint density at radius 1 is 1.19 bits per heavy atom. The highest BCUT2D eigenvalue weighted by Gasteiger charge is 2.30. The first kappa shape index (κ1) is 17.3. The molecule has 0 radical (unpaired) electrons. The number of aromatic nitrogens is 2. The second-order valence-electron chi connectivity index (χ2n) is 7.53. The molecular formula is C23H22N2O2. The molecule has 136 valence electrons. The van der Waals surface area contributed by atoms with Crippen LogP contribution in [-0.2, 0) is 6.42 Å². The molecule has 0 unspecified atom stereocenters. The molecule has 2 heterocycles. The second kappa shape index (κ2) is 6.54. The van der Waals surface area contributed by atoms with Crippen LogP contribution < -0.4 is 4.74 Å². The Morgan fingerprint density at radius 2 is 2.00 bits per heavy atom. The summed E-state index contributed by atoms with van der Waals surface area (Å²) in [6, 6.07) is 15.5. The molecule has 27 heavy (non-hydrogen) atoms. The molecule has 0 atom stereocenters. The summed E-state index contributed by atoms with van der Waals surface area (Å²) in [7, 11) is 0. The van der Waals surface area contributed by atoms with Crippen molar-refractivity contribution in [3.05, 3.63) is 83.2 Å². The first-order valence-electron chi connectivity index (χ1n) is 9.07. The summed E-state index contributed by atoms with van der Waals surface area (Å²) in [4.78, 5) is 13.4. The number of allylic oxidation sites excluding steroid dienone is 1. The van der Waals surface area contributed by atoms with Crippen LogP contribution in [0.15, 0.2) is 60.9 Å². The van der Waals surface area contributed by atoms with Crippen molar-refractivity contribution in [2.24, 2.45) is 0 Å². The minimum Gasteiger partial charge on any atom is -0.487 e. The van der Waals surface area contributed by atoms with Crippen molar-refractivity contribution in [1.29, 1.82) is 0 Å². The molecule has 0 fully saturated rings. The van der Waals surface area contributed by atoms with Crippen LogP contribution in [0.4, 0.5) is 0 Å². The van der Waals surface area contributed by atoms with Crippen molar-refractivity contribution >= 4 is 17.6 Å². The van der Waals surface area contributed by atoms with Gasteiger partial charge < -0.3 is 4.74 Å². The number of rotatable bonds is 4. The summed E-state index contributed by atoms with van der Waals surface area (Å²) in [6.45, 7) is 6.15. The number of aryl methyl sites for hydroxylation is 1. The Bertz CT molecular complexity index is 1030. The molecule has 0 aliphatic carbocycles. The van der Waals surface area contributed by atoms with Crippen molar-refractivity contribution in [2.75, 3.05) is 0 Å². The van der Waals surface area contributed by atoms with Crippen LogP contribution in [0.3, 0.4) is 0 Å². The van der Waals surface area contributed by atoms with Crippen molar-refractivity contribution in [1.82, 2.24) is 9.78 Å². The number of hydrogen-bond acceptors (Lipinski definition) is 3. The molecule has 3 aromatic rings. The molecule has 0 saturated carbocycles. The first-order valence-corrected chi connectivity index (χ1v) is 9.07. The fraction of sp³-hybridized carbons (Fsp3) is 0.217. The number of hydrogen-bond donors (Lipinski definition) is 0. The van der Waals surface area contributed by atoms with Gasteiger partial charge in [-0.05, 0) is 67.8 Å². The number of ether oxygens (including phenoxy) is 1. The van der Waals surface area contributed by atoms with Gasteiger partial charge in [-0.25, -0.2) is 4.68 Å². The van der Waals surface area contributed by atoms with Gasteiger partial charge in [0.15, 0.2) is 0 Å². The maximum Gasteiger partial charge on any atom is 0.211 e. The average Bonchev–Trinajstić information content (AvgIpc) is 3.25. The minimum atomic E-state index is -0.230. The van der Waals surface area contributed by atoms with Gasteiger partial charge >= 0.3 is 0 Å². The van der Waals surface area contributed by atoms with Gasteiger partial charge in [-0.1, -0.05) is 24.3 Å². The van der Waals surface area contributed by atoms with Gasteiger partial charge in [0, 0.05) is 24.4 Å². The molecule has 0 bridgehead atoms. The van der Waals surface area contributed by atoms with Crippen LogP contribution >= 0.6 is 0 Å². The molecule has 4 heteroatoms. The van der Waals surface area contributed by atoms with Gasteiger partial charge in [-0.2, -0.15) is 5.10 Å². The van der Waals surface area contributed by atoms with Gasteiger partial charge in [0.2, 0.25) is 5.78 Å². The molecule has 0 amide bonds. The van der Waals surface area contributed by atoms with Gasteiger partial charge in [-0.15, -0.1) is 0 Å². The van der Waals surface area contributed by atoms with Crippen molar-refractivity contribution in [3.8, 4) is 5.75 Å². The molecule has 0 N–H and O–H groups in total. The van der Waals surface area contributed by atoms with E-state index in [1.807, 2.05) is 61.5 Å². The Kier molecular flexibility index (Phi) is 4.19. The zero-order valence-electron chi connectivity index (χ0n) is 15.8. The SMILES string of the molecule is Cc1ccccc1C=C(C(=O)c1ccc2c(c1)CC(C)(C)O2)n1cccn1. The summed E-state index contributed by atoms with van der Waals surface area (Å²) in [6.07, 6.45) is 6.17.